The summed E-state index contributed by atoms with van der Waals surface area (Å²) in [5.41, 5.74) is 1.08. The second kappa shape index (κ2) is 5.66. The predicted molar refractivity (Wildman–Crippen MR) is 66.5 cm³/mol. The summed E-state index contributed by atoms with van der Waals surface area (Å²) in [6.07, 6.45) is 6.81. The lowest BCUT2D eigenvalue weighted by atomic mass is 10.3. The van der Waals surface area contributed by atoms with Gasteiger partial charge >= 0.3 is 6.03 Å². The quantitative estimate of drug-likeness (QED) is 0.847. The number of nitrogens with zero attached hydrogens (tertiary/aromatic N) is 2. The Labute approximate surface area is 102 Å². The summed E-state index contributed by atoms with van der Waals surface area (Å²) in [5.74, 6) is 0. The van der Waals surface area contributed by atoms with Crippen molar-refractivity contribution in [2.75, 3.05) is 6.54 Å². The Hall–Kier alpha value is -1.58. The van der Waals surface area contributed by atoms with Crippen LogP contribution in [0.1, 0.15) is 31.7 Å². The van der Waals surface area contributed by atoms with Gasteiger partial charge < -0.3 is 10.2 Å². The van der Waals surface area contributed by atoms with Crippen LogP contribution in [0.15, 0.2) is 24.5 Å². The Morgan fingerprint density at radius 3 is 2.76 bits per heavy atom. The molecule has 2 amide bonds. The number of pyridine rings is 1. The molecule has 0 unspecified atom stereocenters. The van der Waals surface area contributed by atoms with Gasteiger partial charge in [0.2, 0.25) is 0 Å². The van der Waals surface area contributed by atoms with Gasteiger partial charge in [-0.1, -0.05) is 6.92 Å². The number of carbonyl (C=O) groups excluding carboxylic acids is 1. The highest BCUT2D eigenvalue weighted by molar-refractivity contribution is 5.74. The molecule has 0 spiro atoms. The lowest BCUT2D eigenvalue weighted by Gasteiger charge is -2.22. The molecule has 0 bridgehead atoms. The van der Waals surface area contributed by atoms with Crippen molar-refractivity contribution in [3.05, 3.63) is 30.1 Å². The maximum absolute atomic E-state index is 12.0. The summed E-state index contributed by atoms with van der Waals surface area (Å²) < 4.78 is 0. The first kappa shape index (κ1) is 11.9. The van der Waals surface area contributed by atoms with E-state index in [4.69, 9.17) is 0 Å². The molecule has 1 aliphatic rings. The van der Waals surface area contributed by atoms with Crippen molar-refractivity contribution in [3.8, 4) is 0 Å². The Morgan fingerprint density at radius 1 is 1.47 bits per heavy atom. The van der Waals surface area contributed by atoms with Gasteiger partial charge in [-0.2, -0.15) is 0 Å². The van der Waals surface area contributed by atoms with Gasteiger partial charge in [-0.25, -0.2) is 4.79 Å². The SMILES string of the molecule is CCCN(C(=O)NCc1ccncc1)C1CC1. The number of rotatable bonds is 5. The fraction of sp³-hybridized carbons (Fsp3) is 0.538. The summed E-state index contributed by atoms with van der Waals surface area (Å²) in [7, 11) is 0. The normalized spacial score (nSPS) is 14.4. The van der Waals surface area contributed by atoms with Crippen molar-refractivity contribution < 1.29 is 4.79 Å². The maximum atomic E-state index is 12.0. The van der Waals surface area contributed by atoms with E-state index in [0.717, 1.165) is 31.4 Å². The lowest BCUT2D eigenvalue weighted by molar-refractivity contribution is 0.194. The van der Waals surface area contributed by atoms with Gasteiger partial charge in [-0.05, 0) is 37.0 Å². The molecule has 1 saturated carbocycles. The number of nitrogens with one attached hydrogen (secondary N) is 1. The first-order valence-electron chi connectivity index (χ1n) is 6.24. The molecule has 0 radical (unpaired) electrons. The van der Waals surface area contributed by atoms with E-state index in [1.54, 1.807) is 12.4 Å². The van der Waals surface area contributed by atoms with E-state index in [2.05, 4.69) is 17.2 Å². The van der Waals surface area contributed by atoms with Gasteiger partial charge in [-0.3, -0.25) is 4.98 Å². The molecular formula is C13H19N3O. The molecule has 0 saturated heterocycles. The minimum absolute atomic E-state index is 0.0613. The molecule has 92 valence electrons. The zero-order valence-corrected chi connectivity index (χ0v) is 10.2. The molecule has 2 rings (SSSR count). The van der Waals surface area contributed by atoms with Crippen LogP contribution in [-0.2, 0) is 6.54 Å². The highest BCUT2D eigenvalue weighted by Gasteiger charge is 2.31. The van der Waals surface area contributed by atoms with Crippen molar-refractivity contribution in [3.63, 3.8) is 0 Å². The predicted octanol–water partition coefficient (Wildman–Crippen LogP) is 2.17. The number of aromatic nitrogens is 1. The van der Waals surface area contributed by atoms with Crippen LogP contribution in [0.4, 0.5) is 4.79 Å². The molecule has 1 fully saturated rings. The number of carbonyl (C=O) groups is 1. The van der Waals surface area contributed by atoms with Crippen molar-refractivity contribution in [1.29, 1.82) is 0 Å². The number of hydrogen-bond acceptors (Lipinski definition) is 2. The minimum Gasteiger partial charge on any atom is -0.334 e. The van der Waals surface area contributed by atoms with Crippen molar-refractivity contribution >= 4 is 6.03 Å². The average Bonchev–Trinajstić information content (AvgIpc) is 3.18. The van der Waals surface area contributed by atoms with E-state index >= 15 is 0 Å². The van der Waals surface area contributed by atoms with E-state index in [-0.39, 0.29) is 6.03 Å². The van der Waals surface area contributed by atoms with Crippen LogP contribution in [0.3, 0.4) is 0 Å². The largest absolute Gasteiger partial charge is 0.334 e. The van der Waals surface area contributed by atoms with Gasteiger partial charge in [0.25, 0.3) is 0 Å². The molecule has 4 heteroatoms. The molecule has 1 N–H and O–H groups in total. The number of amides is 2. The Morgan fingerprint density at radius 2 is 2.18 bits per heavy atom. The summed E-state index contributed by atoms with van der Waals surface area (Å²) >= 11 is 0. The molecule has 1 aromatic rings. The summed E-state index contributed by atoms with van der Waals surface area (Å²) in [4.78, 5) is 17.9. The van der Waals surface area contributed by atoms with E-state index in [0.29, 0.717) is 12.6 Å². The van der Waals surface area contributed by atoms with Gasteiger partial charge in [0, 0.05) is 31.5 Å². The van der Waals surface area contributed by atoms with Crippen LogP contribution in [0, 0.1) is 0 Å². The molecule has 1 aliphatic carbocycles. The Bertz CT molecular complexity index is 362. The van der Waals surface area contributed by atoms with Crippen LogP contribution >= 0.6 is 0 Å². The summed E-state index contributed by atoms with van der Waals surface area (Å²) in [6.45, 7) is 3.53. The van der Waals surface area contributed by atoms with Gasteiger partial charge in [-0.15, -0.1) is 0 Å². The fourth-order valence-electron chi connectivity index (χ4n) is 1.86. The lowest BCUT2D eigenvalue weighted by Crippen LogP contribution is -2.41. The van der Waals surface area contributed by atoms with E-state index in [1.165, 1.54) is 0 Å². The average molecular weight is 233 g/mol. The minimum atomic E-state index is 0.0613. The van der Waals surface area contributed by atoms with Crippen LogP contribution < -0.4 is 5.32 Å². The monoisotopic (exact) mass is 233 g/mol. The topological polar surface area (TPSA) is 45.2 Å². The van der Waals surface area contributed by atoms with Crippen LogP contribution in [0.2, 0.25) is 0 Å². The highest BCUT2D eigenvalue weighted by Crippen LogP contribution is 2.26. The second-order valence-electron chi connectivity index (χ2n) is 4.44. The van der Waals surface area contributed by atoms with E-state index < -0.39 is 0 Å². The molecule has 0 atom stereocenters. The number of hydrogen-bond donors (Lipinski definition) is 1. The second-order valence-corrected chi connectivity index (χ2v) is 4.44. The van der Waals surface area contributed by atoms with Crippen molar-refractivity contribution in [2.24, 2.45) is 0 Å². The number of urea groups is 1. The van der Waals surface area contributed by atoms with Gasteiger partial charge in [0.1, 0.15) is 0 Å². The summed E-state index contributed by atoms with van der Waals surface area (Å²) in [6, 6.07) is 4.38. The van der Waals surface area contributed by atoms with E-state index in [9.17, 15) is 4.79 Å². The van der Waals surface area contributed by atoms with Crippen LogP contribution in [0.5, 0.6) is 0 Å². The maximum Gasteiger partial charge on any atom is 0.317 e. The zero-order valence-electron chi connectivity index (χ0n) is 10.2. The summed E-state index contributed by atoms with van der Waals surface area (Å²) in [5, 5.41) is 2.96. The van der Waals surface area contributed by atoms with Crippen molar-refractivity contribution in [2.45, 2.75) is 38.8 Å². The van der Waals surface area contributed by atoms with Gasteiger partial charge in [0.15, 0.2) is 0 Å². The standard InChI is InChI=1S/C13H19N3O/c1-2-9-16(12-3-4-12)13(17)15-10-11-5-7-14-8-6-11/h5-8,12H,2-4,9-10H2,1H3,(H,15,17). The van der Waals surface area contributed by atoms with Crippen LogP contribution in [0.25, 0.3) is 0 Å². The molecule has 1 heterocycles. The third kappa shape index (κ3) is 3.44. The van der Waals surface area contributed by atoms with Crippen molar-refractivity contribution in [1.82, 2.24) is 15.2 Å². The highest BCUT2D eigenvalue weighted by atomic mass is 16.2. The molecular weight excluding hydrogens is 214 g/mol. The zero-order chi connectivity index (χ0) is 12.1. The molecule has 0 aromatic carbocycles. The van der Waals surface area contributed by atoms with Crippen LogP contribution in [-0.4, -0.2) is 28.5 Å². The third-order valence-electron chi connectivity index (χ3n) is 2.91. The molecule has 1 aromatic heterocycles. The Kier molecular flexibility index (Phi) is 3.96. The fourth-order valence-corrected chi connectivity index (χ4v) is 1.86. The smallest absolute Gasteiger partial charge is 0.317 e. The molecule has 17 heavy (non-hydrogen) atoms. The Balaban J connectivity index is 1.83. The first-order valence-corrected chi connectivity index (χ1v) is 6.24. The first-order chi connectivity index (χ1) is 8.31. The van der Waals surface area contributed by atoms with Gasteiger partial charge in [0.05, 0.1) is 0 Å². The third-order valence-corrected chi connectivity index (χ3v) is 2.91. The van der Waals surface area contributed by atoms with E-state index in [1.807, 2.05) is 17.0 Å². The molecule has 4 nitrogen and oxygen atoms in total. The molecule has 0 aliphatic heterocycles.